The second-order valence-electron chi connectivity index (χ2n) is 7.81. The fourth-order valence-electron chi connectivity index (χ4n) is 3.89. The lowest BCUT2D eigenvalue weighted by Crippen LogP contribution is -1.97. The van der Waals surface area contributed by atoms with Crippen LogP contribution in [0, 0.1) is 0 Å². The molecule has 4 aromatic carbocycles. The predicted molar refractivity (Wildman–Crippen MR) is 132 cm³/mol. The molecule has 0 radical (unpaired) electrons. The second kappa shape index (κ2) is 9.00. The Balaban J connectivity index is 1.76. The zero-order chi connectivity index (χ0) is 23.5. The maximum Gasteiger partial charge on any atom is 0.150 e. The number of aromatic nitrogens is 2. The van der Waals surface area contributed by atoms with Gasteiger partial charge in [-0.2, -0.15) is 0 Å². The van der Waals surface area contributed by atoms with Crippen molar-refractivity contribution in [1.29, 1.82) is 0 Å². The number of benzene rings is 4. The van der Waals surface area contributed by atoms with Gasteiger partial charge in [-0.3, -0.25) is 14.4 Å². The van der Waals surface area contributed by atoms with Crippen LogP contribution in [0.5, 0.6) is 0 Å². The van der Waals surface area contributed by atoms with Crippen LogP contribution >= 0.6 is 0 Å². The standard InChI is InChI=1S/C29H18N2O3/c32-16-19-4-10-22(11-5-19)25-2-1-3-26-29(25)31-28(24-14-8-21(18-34)9-15-24)27(30-26)23-12-6-20(17-33)7-13-23/h1-18H. The zero-order valence-electron chi connectivity index (χ0n) is 18.0. The summed E-state index contributed by atoms with van der Waals surface area (Å²) in [5, 5.41) is 0. The van der Waals surface area contributed by atoms with Crippen LogP contribution in [0.15, 0.2) is 91.0 Å². The first-order chi connectivity index (χ1) is 16.7. The van der Waals surface area contributed by atoms with Gasteiger partial charge in [0.1, 0.15) is 18.9 Å². The second-order valence-corrected chi connectivity index (χ2v) is 7.81. The lowest BCUT2D eigenvalue weighted by molar-refractivity contribution is 0.111. The molecule has 0 amide bonds. The van der Waals surface area contributed by atoms with Crippen LogP contribution in [-0.4, -0.2) is 28.8 Å². The highest BCUT2D eigenvalue weighted by Gasteiger charge is 2.16. The van der Waals surface area contributed by atoms with E-state index in [4.69, 9.17) is 9.97 Å². The Bertz CT molecular complexity index is 1520. The van der Waals surface area contributed by atoms with Crippen molar-refractivity contribution in [1.82, 2.24) is 9.97 Å². The molecule has 1 aromatic heterocycles. The van der Waals surface area contributed by atoms with Crippen LogP contribution in [0.2, 0.25) is 0 Å². The van der Waals surface area contributed by atoms with Gasteiger partial charge >= 0.3 is 0 Å². The maximum absolute atomic E-state index is 11.1. The fraction of sp³-hybridized carbons (Fsp3) is 0. The summed E-state index contributed by atoms with van der Waals surface area (Å²) >= 11 is 0. The van der Waals surface area contributed by atoms with E-state index in [1.54, 1.807) is 36.4 Å². The molecule has 0 bridgehead atoms. The normalized spacial score (nSPS) is 10.7. The third-order valence-corrected chi connectivity index (χ3v) is 5.69. The highest BCUT2D eigenvalue weighted by atomic mass is 16.1. The Hall–Kier alpha value is -4.77. The summed E-state index contributed by atoms with van der Waals surface area (Å²) in [4.78, 5) is 43.3. The minimum Gasteiger partial charge on any atom is -0.298 e. The molecule has 0 aliphatic rings. The molecule has 0 saturated carbocycles. The largest absolute Gasteiger partial charge is 0.298 e. The number of nitrogens with zero attached hydrogens (tertiary/aromatic N) is 2. The van der Waals surface area contributed by atoms with Gasteiger partial charge in [0.05, 0.1) is 22.4 Å². The van der Waals surface area contributed by atoms with E-state index in [0.29, 0.717) is 28.1 Å². The van der Waals surface area contributed by atoms with E-state index in [0.717, 1.165) is 52.1 Å². The van der Waals surface area contributed by atoms with Gasteiger partial charge in [0.15, 0.2) is 0 Å². The molecule has 5 aromatic rings. The monoisotopic (exact) mass is 442 g/mol. The number of carbonyl (C=O) groups excluding carboxylic acids is 3. The predicted octanol–water partition coefficient (Wildman–Crippen LogP) is 6.07. The fourth-order valence-corrected chi connectivity index (χ4v) is 3.89. The molecule has 5 rings (SSSR count). The molecular weight excluding hydrogens is 424 g/mol. The van der Waals surface area contributed by atoms with E-state index in [9.17, 15) is 14.4 Å². The van der Waals surface area contributed by atoms with Crippen molar-refractivity contribution in [3.63, 3.8) is 0 Å². The SMILES string of the molecule is O=Cc1ccc(-c2nc3cccc(-c4ccc(C=O)cc4)c3nc2-c2ccc(C=O)cc2)cc1. The summed E-state index contributed by atoms with van der Waals surface area (Å²) in [6, 6.07) is 27.6. The molecule has 0 fully saturated rings. The number of fused-ring (bicyclic) bond motifs is 1. The third-order valence-electron chi connectivity index (χ3n) is 5.69. The molecule has 0 unspecified atom stereocenters. The van der Waals surface area contributed by atoms with Crippen molar-refractivity contribution in [2.24, 2.45) is 0 Å². The number of rotatable bonds is 6. The first-order valence-corrected chi connectivity index (χ1v) is 10.7. The van der Waals surface area contributed by atoms with Crippen LogP contribution in [0.4, 0.5) is 0 Å². The summed E-state index contributed by atoms with van der Waals surface area (Å²) in [5.74, 6) is 0. The van der Waals surface area contributed by atoms with Crippen molar-refractivity contribution in [3.8, 4) is 33.6 Å². The number of aldehydes is 3. The Morgan fingerprint density at radius 1 is 0.471 bits per heavy atom. The van der Waals surface area contributed by atoms with E-state index in [1.165, 1.54) is 0 Å². The Kier molecular flexibility index (Phi) is 5.58. The third kappa shape index (κ3) is 3.91. The molecule has 0 aliphatic carbocycles. The van der Waals surface area contributed by atoms with Crippen LogP contribution < -0.4 is 0 Å². The Labute approximate surface area is 195 Å². The lowest BCUT2D eigenvalue weighted by atomic mass is 9.99. The molecule has 34 heavy (non-hydrogen) atoms. The molecule has 0 saturated heterocycles. The van der Waals surface area contributed by atoms with E-state index >= 15 is 0 Å². The minimum absolute atomic E-state index is 0.574. The van der Waals surface area contributed by atoms with Crippen molar-refractivity contribution < 1.29 is 14.4 Å². The van der Waals surface area contributed by atoms with E-state index < -0.39 is 0 Å². The van der Waals surface area contributed by atoms with Gasteiger partial charge in [0.2, 0.25) is 0 Å². The van der Waals surface area contributed by atoms with Crippen LogP contribution in [0.3, 0.4) is 0 Å². The van der Waals surface area contributed by atoms with Crippen LogP contribution in [-0.2, 0) is 0 Å². The van der Waals surface area contributed by atoms with Gasteiger partial charge < -0.3 is 0 Å². The molecule has 0 atom stereocenters. The first kappa shape index (κ1) is 21.1. The quantitative estimate of drug-likeness (QED) is 0.298. The minimum atomic E-state index is 0.574. The molecule has 162 valence electrons. The highest BCUT2D eigenvalue weighted by Crippen LogP contribution is 2.34. The smallest absolute Gasteiger partial charge is 0.150 e. The van der Waals surface area contributed by atoms with Crippen LogP contribution in [0.25, 0.3) is 44.7 Å². The number of para-hydroxylation sites is 1. The van der Waals surface area contributed by atoms with Crippen molar-refractivity contribution in [3.05, 3.63) is 108 Å². The molecule has 5 nitrogen and oxygen atoms in total. The molecule has 1 heterocycles. The summed E-state index contributed by atoms with van der Waals surface area (Å²) in [6.45, 7) is 0. The van der Waals surface area contributed by atoms with Crippen molar-refractivity contribution >= 4 is 29.9 Å². The Morgan fingerprint density at radius 3 is 1.38 bits per heavy atom. The molecule has 0 spiro atoms. The van der Waals surface area contributed by atoms with E-state index in [-0.39, 0.29) is 0 Å². The average Bonchev–Trinajstić information content (AvgIpc) is 2.92. The van der Waals surface area contributed by atoms with Gasteiger partial charge in [-0.15, -0.1) is 0 Å². The number of hydrogen-bond donors (Lipinski definition) is 0. The summed E-state index contributed by atoms with van der Waals surface area (Å²) in [7, 11) is 0. The maximum atomic E-state index is 11.1. The molecule has 0 N–H and O–H groups in total. The molecular formula is C29H18N2O3. The molecule has 0 aliphatic heterocycles. The highest BCUT2D eigenvalue weighted by molar-refractivity contribution is 5.96. The van der Waals surface area contributed by atoms with E-state index in [1.807, 2.05) is 54.6 Å². The van der Waals surface area contributed by atoms with E-state index in [2.05, 4.69) is 0 Å². The number of hydrogen-bond acceptors (Lipinski definition) is 5. The van der Waals surface area contributed by atoms with Crippen molar-refractivity contribution in [2.75, 3.05) is 0 Å². The topological polar surface area (TPSA) is 77.0 Å². The van der Waals surface area contributed by atoms with Gasteiger partial charge in [-0.25, -0.2) is 9.97 Å². The Morgan fingerprint density at radius 2 is 0.912 bits per heavy atom. The van der Waals surface area contributed by atoms with Gasteiger partial charge in [0, 0.05) is 33.4 Å². The lowest BCUT2D eigenvalue weighted by Gasteiger charge is -2.13. The summed E-state index contributed by atoms with van der Waals surface area (Å²) < 4.78 is 0. The average molecular weight is 442 g/mol. The number of carbonyl (C=O) groups is 3. The first-order valence-electron chi connectivity index (χ1n) is 10.7. The summed E-state index contributed by atoms with van der Waals surface area (Å²) in [5.41, 5.74) is 8.03. The van der Waals surface area contributed by atoms with Gasteiger partial charge in [-0.1, -0.05) is 84.9 Å². The van der Waals surface area contributed by atoms with Crippen molar-refractivity contribution in [2.45, 2.75) is 0 Å². The van der Waals surface area contributed by atoms with Gasteiger partial charge in [-0.05, 0) is 11.6 Å². The molecule has 5 heteroatoms. The van der Waals surface area contributed by atoms with Gasteiger partial charge in [0.25, 0.3) is 0 Å². The summed E-state index contributed by atoms with van der Waals surface area (Å²) in [6.07, 6.45) is 2.42. The zero-order valence-corrected chi connectivity index (χ0v) is 18.0. The van der Waals surface area contributed by atoms with Crippen LogP contribution in [0.1, 0.15) is 31.1 Å².